The Morgan fingerprint density at radius 1 is 1.19 bits per heavy atom. The Bertz CT molecular complexity index is 936. The van der Waals surface area contributed by atoms with Crippen molar-refractivity contribution >= 4 is 28.9 Å². The molecule has 2 aromatic heterocycles. The van der Waals surface area contributed by atoms with Crippen molar-refractivity contribution in [1.29, 1.82) is 0 Å². The molecule has 0 aliphatic carbocycles. The maximum Gasteiger partial charge on any atom is 0.338 e. The third-order valence-electron chi connectivity index (χ3n) is 3.64. The number of aromatic nitrogens is 2. The van der Waals surface area contributed by atoms with E-state index in [9.17, 15) is 14.8 Å². The molecule has 3 aromatic rings. The summed E-state index contributed by atoms with van der Waals surface area (Å²) in [6.07, 6.45) is 2.60. The van der Waals surface area contributed by atoms with Crippen LogP contribution in [0.4, 0.5) is 5.69 Å². The van der Waals surface area contributed by atoms with Crippen LogP contribution < -0.4 is 10.0 Å². The zero-order valence-electron chi connectivity index (χ0n) is 14.5. The van der Waals surface area contributed by atoms with Crippen LogP contribution in [0.1, 0.15) is 26.6 Å². The number of amides is 1. The van der Waals surface area contributed by atoms with E-state index in [1.165, 1.54) is 35.9 Å². The van der Waals surface area contributed by atoms with Crippen LogP contribution in [0.25, 0.3) is 0 Å². The summed E-state index contributed by atoms with van der Waals surface area (Å²) in [5.41, 5.74) is 2.71. The fraction of sp³-hybridized carbons (Fsp3) is 0.158. The lowest BCUT2D eigenvalue weighted by molar-refractivity contribution is -0.605. The van der Waals surface area contributed by atoms with Crippen molar-refractivity contribution in [2.24, 2.45) is 0 Å². The van der Waals surface area contributed by atoms with Gasteiger partial charge in [-0.15, -0.1) is 11.3 Å². The molecule has 0 aliphatic rings. The van der Waals surface area contributed by atoms with Crippen molar-refractivity contribution in [1.82, 2.24) is 4.98 Å². The van der Waals surface area contributed by atoms with Crippen LogP contribution in [-0.2, 0) is 22.6 Å². The summed E-state index contributed by atoms with van der Waals surface area (Å²) >= 11 is 1.33. The minimum absolute atomic E-state index is 0.00117. The molecule has 0 aliphatic heterocycles. The van der Waals surface area contributed by atoms with Crippen LogP contribution in [0.5, 0.6) is 0 Å². The van der Waals surface area contributed by atoms with E-state index in [1.807, 2.05) is 31.2 Å². The number of anilines is 1. The highest BCUT2D eigenvalue weighted by molar-refractivity contribution is 7.09. The van der Waals surface area contributed by atoms with Crippen molar-refractivity contribution in [3.63, 3.8) is 0 Å². The molecule has 3 rings (SSSR count). The van der Waals surface area contributed by atoms with E-state index >= 15 is 0 Å². The standard InChI is InChI=1S/C19H17N3O4S/c1-13-2-4-15(5-3-13)20-17(23)10-18-21-16(12-27-18)11-26-19(24)14-6-8-22(25)9-7-14/h2-9,12H,10-11H2,1H3,(H,20,23). The van der Waals surface area contributed by atoms with E-state index in [1.54, 1.807) is 5.38 Å². The van der Waals surface area contributed by atoms with Crippen LogP contribution in [0.15, 0.2) is 54.2 Å². The molecule has 0 saturated carbocycles. The minimum Gasteiger partial charge on any atom is -0.619 e. The van der Waals surface area contributed by atoms with Crippen molar-refractivity contribution in [3.05, 3.63) is 81.2 Å². The number of carbonyl (C=O) groups excluding carboxylic acids is 2. The van der Waals surface area contributed by atoms with Gasteiger partial charge in [0.15, 0.2) is 12.4 Å². The molecule has 0 fully saturated rings. The molecular formula is C19H17N3O4S. The lowest BCUT2D eigenvalue weighted by Crippen LogP contribution is -2.24. The molecule has 138 valence electrons. The predicted molar refractivity (Wildman–Crippen MR) is 100 cm³/mol. The Morgan fingerprint density at radius 2 is 1.89 bits per heavy atom. The highest BCUT2D eigenvalue weighted by Crippen LogP contribution is 2.14. The number of rotatable bonds is 6. The summed E-state index contributed by atoms with van der Waals surface area (Å²) in [7, 11) is 0. The number of aryl methyl sites for hydroxylation is 1. The second-order valence-electron chi connectivity index (χ2n) is 5.85. The fourth-order valence-corrected chi connectivity index (χ4v) is 3.02. The van der Waals surface area contributed by atoms with Gasteiger partial charge in [-0.25, -0.2) is 9.78 Å². The van der Waals surface area contributed by atoms with Crippen molar-refractivity contribution in [2.45, 2.75) is 20.0 Å². The van der Waals surface area contributed by atoms with Gasteiger partial charge in [-0.05, 0) is 19.1 Å². The van der Waals surface area contributed by atoms with E-state index in [0.29, 0.717) is 15.4 Å². The molecule has 2 heterocycles. The molecule has 0 atom stereocenters. The predicted octanol–water partition coefficient (Wildman–Crippen LogP) is 2.62. The number of ether oxygens (including phenoxy) is 1. The average Bonchev–Trinajstić information content (AvgIpc) is 3.09. The minimum atomic E-state index is -0.540. The molecule has 1 amide bonds. The number of hydrogen-bond acceptors (Lipinski definition) is 6. The van der Waals surface area contributed by atoms with E-state index in [4.69, 9.17) is 4.74 Å². The van der Waals surface area contributed by atoms with Gasteiger partial charge in [0.25, 0.3) is 0 Å². The van der Waals surface area contributed by atoms with E-state index in [2.05, 4.69) is 10.3 Å². The molecule has 0 bridgehead atoms. The Labute approximate surface area is 159 Å². The Balaban J connectivity index is 1.50. The fourth-order valence-electron chi connectivity index (χ4n) is 2.25. The Hall–Kier alpha value is -3.26. The lowest BCUT2D eigenvalue weighted by atomic mass is 10.2. The maximum atomic E-state index is 12.1. The highest BCUT2D eigenvalue weighted by atomic mass is 32.1. The smallest absolute Gasteiger partial charge is 0.338 e. The van der Waals surface area contributed by atoms with Gasteiger partial charge in [0.1, 0.15) is 11.6 Å². The van der Waals surface area contributed by atoms with E-state index in [0.717, 1.165) is 11.3 Å². The number of hydrogen-bond donors (Lipinski definition) is 1. The number of carbonyl (C=O) groups is 2. The largest absolute Gasteiger partial charge is 0.619 e. The molecular weight excluding hydrogens is 366 g/mol. The highest BCUT2D eigenvalue weighted by Gasteiger charge is 2.12. The van der Waals surface area contributed by atoms with E-state index in [-0.39, 0.29) is 24.5 Å². The molecule has 0 unspecified atom stereocenters. The molecule has 7 nitrogen and oxygen atoms in total. The first-order valence-corrected chi connectivity index (χ1v) is 9.03. The van der Waals surface area contributed by atoms with Crippen molar-refractivity contribution in [2.75, 3.05) is 5.32 Å². The molecule has 0 saturated heterocycles. The van der Waals surface area contributed by atoms with Crippen molar-refractivity contribution in [3.8, 4) is 0 Å². The van der Waals surface area contributed by atoms with Gasteiger partial charge >= 0.3 is 5.97 Å². The first-order chi connectivity index (χ1) is 13.0. The molecule has 1 N–H and O–H groups in total. The summed E-state index contributed by atoms with van der Waals surface area (Å²) in [6, 6.07) is 10.3. The van der Waals surface area contributed by atoms with Crippen molar-refractivity contribution < 1.29 is 19.1 Å². The second-order valence-corrected chi connectivity index (χ2v) is 6.79. The zero-order valence-corrected chi connectivity index (χ0v) is 15.4. The maximum absolute atomic E-state index is 12.1. The number of thiazole rings is 1. The van der Waals surface area contributed by atoms with Gasteiger partial charge in [0, 0.05) is 23.2 Å². The number of pyridine rings is 1. The first kappa shape index (κ1) is 18.5. The molecule has 27 heavy (non-hydrogen) atoms. The number of nitrogens with zero attached hydrogens (tertiary/aromatic N) is 2. The zero-order chi connectivity index (χ0) is 19.2. The van der Waals surface area contributed by atoms with Crippen LogP contribution in [0.3, 0.4) is 0 Å². The molecule has 8 heteroatoms. The third-order valence-corrected chi connectivity index (χ3v) is 4.53. The number of esters is 1. The van der Waals surface area contributed by atoms with Crippen LogP contribution in [0.2, 0.25) is 0 Å². The van der Waals surface area contributed by atoms with Gasteiger partial charge < -0.3 is 15.3 Å². The summed E-state index contributed by atoms with van der Waals surface area (Å²) in [5, 5.41) is 16.2. The van der Waals surface area contributed by atoms with E-state index < -0.39 is 5.97 Å². The second kappa shape index (κ2) is 8.41. The Kier molecular flexibility index (Phi) is 5.77. The van der Waals surface area contributed by atoms with Gasteiger partial charge in [-0.3, -0.25) is 4.79 Å². The monoisotopic (exact) mass is 383 g/mol. The number of benzene rings is 1. The average molecular weight is 383 g/mol. The molecule has 1 aromatic carbocycles. The van der Waals surface area contributed by atoms with Gasteiger partial charge in [0.05, 0.1) is 17.7 Å². The normalized spacial score (nSPS) is 10.4. The quantitative estimate of drug-likeness (QED) is 0.401. The lowest BCUT2D eigenvalue weighted by Gasteiger charge is -2.04. The topological polar surface area (TPSA) is 95.2 Å². The molecule has 0 radical (unpaired) electrons. The summed E-state index contributed by atoms with van der Waals surface area (Å²) < 4.78 is 5.76. The molecule has 0 spiro atoms. The third kappa shape index (κ3) is 5.35. The first-order valence-electron chi connectivity index (χ1n) is 8.15. The van der Waals surface area contributed by atoms with Gasteiger partial charge in [-0.2, -0.15) is 4.73 Å². The summed E-state index contributed by atoms with van der Waals surface area (Å²) in [6.45, 7) is 1.98. The summed E-state index contributed by atoms with van der Waals surface area (Å²) in [5.74, 6) is -0.700. The van der Waals surface area contributed by atoms with Crippen LogP contribution >= 0.6 is 11.3 Å². The van der Waals surface area contributed by atoms with Crippen LogP contribution in [0, 0.1) is 12.1 Å². The number of nitrogens with one attached hydrogen (secondary N) is 1. The summed E-state index contributed by atoms with van der Waals surface area (Å²) in [4.78, 5) is 28.3. The Morgan fingerprint density at radius 3 is 2.59 bits per heavy atom. The SMILES string of the molecule is Cc1ccc(NC(=O)Cc2nc(COC(=O)c3cc[n+]([O-])cc3)cs2)cc1. The van der Waals surface area contributed by atoms with Gasteiger partial charge in [-0.1, -0.05) is 17.7 Å². The van der Waals surface area contributed by atoms with Crippen LogP contribution in [-0.4, -0.2) is 16.9 Å². The van der Waals surface area contributed by atoms with Gasteiger partial charge in [0.2, 0.25) is 5.91 Å².